The van der Waals surface area contributed by atoms with Crippen molar-refractivity contribution in [1.82, 2.24) is 10.2 Å². The molecule has 1 aliphatic heterocycles. The molecule has 0 bridgehead atoms. The number of carbonyl (C=O) groups excluding carboxylic acids is 3. The molecule has 0 spiro atoms. The summed E-state index contributed by atoms with van der Waals surface area (Å²) in [6, 6.07) is 6.62. The fourth-order valence-electron chi connectivity index (χ4n) is 2.28. The Kier molecular flexibility index (Phi) is 7.43. The van der Waals surface area contributed by atoms with Crippen LogP contribution in [0.5, 0.6) is 0 Å². The number of benzene rings is 1. The number of carbonyl (C=O) groups is 3. The lowest BCUT2D eigenvalue weighted by molar-refractivity contribution is -0.141. The molecule has 1 saturated heterocycles. The van der Waals surface area contributed by atoms with E-state index in [2.05, 4.69) is 15.0 Å². The fraction of sp³-hybridized carbons (Fsp3) is 0.353. The van der Waals surface area contributed by atoms with Gasteiger partial charge in [0.1, 0.15) is 11.8 Å². The van der Waals surface area contributed by atoms with Gasteiger partial charge in [0.05, 0.1) is 12.7 Å². The van der Waals surface area contributed by atoms with Crippen molar-refractivity contribution in [2.75, 3.05) is 20.7 Å². The monoisotopic (exact) mass is 408 g/mol. The van der Waals surface area contributed by atoms with E-state index in [9.17, 15) is 14.4 Å². The van der Waals surface area contributed by atoms with Crippen LogP contribution < -0.4 is 5.32 Å². The smallest absolute Gasteiger partial charge is 0.325 e. The minimum atomic E-state index is -0.527. The van der Waals surface area contributed by atoms with Gasteiger partial charge in [0.15, 0.2) is 5.17 Å². The van der Waals surface area contributed by atoms with Crippen LogP contribution in [-0.2, 0) is 14.3 Å². The summed E-state index contributed by atoms with van der Waals surface area (Å²) >= 11 is 2.43. The van der Waals surface area contributed by atoms with E-state index in [1.54, 1.807) is 36.2 Å². The van der Waals surface area contributed by atoms with Crippen LogP contribution in [0.4, 0.5) is 0 Å². The first-order chi connectivity index (χ1) is 12.9. The van der Waals surface area contributed by atoms with Crippen molar-refractivity contribution >= 4 is 52.0 Å². The molecule has 2 amide bonds. The van der Waals surface area contributed by atoms with E-state index >= 15 is 0 Å². The maximum atomic E-state index is 12.4. The Morgan fingerprint density at radius 2 is 2.04 bits per heavy atom. The number of aliphatic imine (C=N–C) groups is 1. The molecule has 1 heterocycles. The average molecular weight is 409 g/mol. The van der Waals surface area contributed by atoms with Gasteiger partial charge in [0, 0.05) is 23.5 Å². The first-order valence-electron chi connectivity index (χ1n) is 8.00. The van der Waals surface area contributed by atoms with Gasteiger partial charge in [-0.1, -0.05) is 23.5 Å². The van der Waals surface area contributed by atoms with Crippen LogP contribution in [0, 0.1) is 5.41 Å². The van der Waals surface area contributed by atoms with Crippen LogP contribution in [0.25, 0.3) is 0 Å². The lowest BCUT2D eigenvalue weighted by atomic mass is 10.2. The highest BCUT2D eigenvalue weighted by Crippen LogP contribution is 2.31. The first kappa shape index (κ1) is 21.0. The number of nitrogens with one attached hydrogen (secondary N) is 2. The van der Waals surface area contributed by atoms with Crippen molar-refractivity contribution in [3.05, 3.63) is 29.8 Å². The summed E-state index contributed by atoms with van der Waals surface area (Å²) in [4.78, 5) is 42.6. The largest absolute Gasteiger partial charge is 0.468 e. The van der Waals surface area contributed by atoms with E-state index in [1.165, 1.54) is 36.2 Å². The zero-order chi connectivity index (χ0) is 20.0. The van der Waals surface area contributed by atoms with E-state index in [0.717, 1.165) is 4.90 Å². The lowest BCUT2D eigenvalue weighted by Gasteiger charge is -2.19. The minimum absolute atomic E-state index is 0.189. The Bertz CT molecular complexity index is 767. The summed E-state index contributed by atoms with van der Waals surface area (Å²) < 4.78 is 4.50. The van der Waals surface area contributed by atoms with E-state index in [-0.39, 0.29) is 18.5 Å². The molecule has 1 aliphatic rings. The van der Waals surface area contributed by atoms with Crippen molar-refractivity contribution < 1.29 is 19.1 Å². The predicted molar refractivity (Wildman–Crippen MR) is 106 cm³/mol. The second-order valence-corrected chi connectivity index (χ2v) is 7.70. The number of hydrogen-bond donors (Lipinski definition) is 2. The van der Waals surface area contributed by atoms with Crippen molar-refractivity contribution in [3.63, 3.8) is 0 Å². The third-order valence-corrected chi connectivity index (χ3v) is 6.08. The molecule has 0 saturated carbocycles. The topological polar surface area (TPSA) is 112 Å². The van der Waals surface area contributed by atoms with Crippen LogP contribution >= 0.6 is 23.5 Å². The van der Waals surface area contributed by atoms with Gasteiger partial charge in [-0.15, -0.1) is 0 Å². The summed E-state index contributed by atoms with van der Waals surface area (Å²) in [6.07, 6.45) is 0. The van der Waals surface area contributed by atoms with E-state index in [0.29, 0.717) is 10.7 Å². The third-order valence-electron chi connectivity index (χ3n) is 3.97. The van der Waals surface area contributed by atoms with Crippen LogP contribution in [0.2, 0.25) is 0 Å². The number of amidine groups is 1. The minimum Gasteiger partial charge on any atom is -0.468 e. The zero-order valence-electron chi connectivity index (χ0n) is 15.1. The summed E-state index contributed by atoms with van der Waals surface area (Å²) in [5.74, 6) is -1.24. The molecule has 1 aromatic carbocycles. The molecule has 0 aromatic heterocycles. The molecule has 144 valence electrons. The maximum Gasteiger partial charge on any atom is 0.325 e. The number of ether oxygens (including phenoxy) is 1. The van der Waals surface area contributed by atoms with E-state index < -0.39 is 17.1 Å². The van der Waals surface area contributed by atoms with Gasteiger partial charge in [-0.25, -0.2) is 0 Å². The molecule has 2 N–H and O–H groups in total. The van der Waals surface area contributed by atoms with Crippen LogP contribution in [0.15, 0.2) is 34.2 Å². The quantitative estimate of drug-likeness (QED) is 0.318. The second kappa shape index (κ2) is 9.56. The summed E-state index contributed by atoms with van der Waals surface area (Å²) in [5.41, 5.74) is 1.64. The second-order valence-electron chi connectivity index (χ2n) is 5.64. The Labute approximate surface area is 165 Å². The number of thioether (sulfide) groups is 2. The van der Waals surface area contributed by atoms with Crippen molar-refractivity contribution in [2.45, 2.75) is 23.1 Å². The van der Waals surface area contributed by atoms with Crippen LogP contribution in [-0.4, -0.2) is 65.4 Å². The predicted octanol–water partition coefficient (Wildman–Crippen LogP) is 1.61. The number of amides is 2. The molecule has 27 heavy (non-hydrogen) atoms. The molecule has 8 nitrogen and oxygen atoms in total. The standard InChI is InChI=1S/C17H20N4O4S2/c1-10-14(16(24)19-8-13(22)25-3)27-17(21(10)2)20-15(23)11-4-6-12(7-5-11)26-9-18/h4-7,9-10,14,18H,8H2,1-3H3,(H,19,24). The highest BCUT2D eigenvalue weighted by atomic mass is 32.2. The Hall–Kier alpha value is -2.33. The molecular weight excluding hydrogens is 388 g/mol. The van der Waals surface area contributed by atoms with Gasteiger partial charge in [-0.3, -0.25) is 14.4 Å². The van der Waals surface area contributed by atoms with Gasteiger partial charge in [-0.2, -0.15) is 4.99 Å². The zero-order valence-corrected chi connectivity index (χ0v) is 16.7. The number of nitrogens with zero attached hydrogens (tertiary/aromatic N) is 2. The number of hydrogen-bond acceptors (Lipinski definition) is 7. The van der Waals surface area contributed by atoms with Gasteiger partial charge in [0.25, 0.3) is 5.91 Å². The molecule has 1 fully saturated rings. The number of rotatable bonds is 6. The molecule has 0 radical (unpaired) electrons. The van der Waals surface area contributed by atoms with Gasteiger partial charge in [-0.05, 0) is 31.2 Å². The molecule has 2 unspecified atom stereocenters. The summed E-state index contributed by atoms with van der Waals surface area (Å²) in [7, 11) is 3.02. The summed E-state index contributed by atoms with van der Waals surface area (Å²) in [6.45, 7) is 1.65. The molecule has 2 rings (SSSR count). The van der Waals surface area contributed by atoms with Crippen molar-refractivity contribution in [1.29, 1.82) is 5.41 Å². The van der Waals surface area contributed by atoms with Crippen molar-refractivity contribution in [2.24, 2.45) is 4.99 Å². The number of methoxy groups -OCH3 is 1. The van der Waals surface area contributed by atoms with Crippen molar-refractivity contribution in [3.8, 4) is 0 Å². The van der Waals surface area contributed by atoms with Crippen LogP contribution in [0.3, 0.4) is 0 Å². The molecule has 1 aromatic rings. The lowest BCUT2D eigenvalue weighted by Crippen LogP contribution is -2.42. The SMILES string of the molecule is COC(=O)CNC(=O)C1SC(=NC(=O)c2ccc(SC=N)cc2)N(C)C1C. The van der Waals surface area contributed by atoms with Gasteiger partial charge < -0.3 is 20.4 Å². The fourth-order valence-corrected chi connectivity index (χ4v) is 3.97. The summed E-state index contributed by atoms with van der Waals surface area (Å²) in [5, 5.41) is 9.56. The van der Waals surface area contributed by atoms with Crippen LogP contribution in [0.1, 0.15) is 17.3 Å². The van der Waals surface area contributed by atoms with E-state index in [4.69, 9.17) is 5.41 Å². The molecule has 0 aliphatic carbocycles. The highest BCUT2D eigenvalue weighted by molar-refractivity contribution is 8.15. The molecule has 2 atom stereocenters. The highest BCUT2D eigenvalue weighted by Gasteiger charge is 2.39. The average Bonchev–Trinajstić information content (AvgIpc) is 2.95. The normalized spacial score (nSPS) is 20.4. The first-order valence-corrected chi connectivity index (χ1v) is 9.76. The Balaban J connectivity index is 2.06. The molecular formula is C17H20N4O4S2. The Morgan fingerprint density at radius 3 is 2.63 bits per heavy atom. The molecule has 10 heteroatoms. The van der Waals surface area contributed by atoms with E-state index in [1.807, 2.05) is 6.92 Å². The maximum absolute atomic E-state index is 12.4. The Morgan fingerprint density at radius 1 is 1.37 bits per heavy atom. The third kappa shape index (κ3) is 5.33. The van der Waals surface area contributed by atoms with Gasteiger partial charge >= 0.3 is 5.97 Å². The van der Waals surface area contributed by atoms with Gasteiger partial charge in [0.2, 0.25) is 5.91 Å². The number of esters is 1.